The van der Waals surface area contributed by atoms with Gasteiger partial charge in [0, 0.05) is 17.1 Å². The van der Waals surface area contributed by atoms with E-state index in [-0.39, 0.29) is 30.1 Å². The van der Waals surface area contributed by atoms with Crippen LogP contribution in [0.15, 0.2) is 73.3 Å². The zero-order chi connectivity index (χ0) is 25.8. The maximum Gasteiger partial charge on any atom is 0.247 e. The monoisotopic (exact) mass is 539 g/mol. The number of benzene rings is 2. The van der Waals surface area contributed by atoms with Crippen LogP contribution in [0.25, 0.3) is 0 Å². The average molecular weight is 540 g/mol. The van der Waals surface area contributed by atoms with Crippen molar-refractivity contribution in [1.29, 1.82) is 0 Å². The second kappa shape index (κ2) is 11.1. The van der Waals surface area contributed by atoms with Gasteiger partial charge in [-0.3, -0.25) is 9.59 Å². The van der Waals surface area contributed by atoms with Gasteiger partial charge in [-0.05, 0) is 79.4 Å². The molecule has 3 heterocycles. The van der Waals surface area contributed by atoms with Crippen LogP contribution in [0.4, 0.5) is 10.1 Å². The van der Waals surface area contributed by atoms with Crippen LogP contribution in [0.1, 0.15) is 11.3 Å². The summed E-state index contributed by atoms with van der Waals surface area (Å²) in [6.07, 6.45) is 4.12. The van der Waals surface area contributed by atoms with Crippen LogP contribution in [0, 0.1) is 11.7 Å². The molecule has 5 rings (SSSR count). The van der Waals surface area contributed by atoms with E-state index in [4.69, 9.17) is 16.3 Å². The van der Waals surface area contributed by atoms with Gasteiger partial charge in [0.05, 0.1) is 4.34 Å². The number of aromatic nitrogens is 3. The van der Waals surface area contributed by atoms with Crippen molar-refractivity contribution in [3.8, 4) is 11.5 Å². The second-order valence-electron chi connectivity index (χ2n) is 8.74. The summed E-state index contributed by atoms with van der Waals surface area (Å²) in [5.41, 5.74) is 0.577. The van der Waals surface area contributed by atoms with Gasteiger partial charge in [0.25, 0.3) is 0 Å². The van der Waals surface area contributed by atoms with Crippen LogP contribution < -0.4 is 10.1 Å². The molecule has 1 saturated heterocycles. The topological polar surface area (TPSA) is 89.4 Å². The van der Waals surface area contributed by atoms with Gasteiger partial charge in [-0.2, -0.15) is 5.10 Å². The first kappa shape index (κ1) is 24.9. The third-order valence-electron chi connectivity index (χ3n) is 6.06. The zero-order valence-corrected chi connectivity index (χ0v) is 21.2. The third kappa shape index (κ3) is 6.33. The van der Waals surface area contributed by atoms with Crippen molar-refractivity contribution in [3.05, 3.63) is 88.3 Å². The molecule has 1 aliphatic heterocycles. The largest absolute Gasteiger partial charge is 0.457 e. The van der Waals surface area contributed by atoms with E-state index in [9.17, 15) is 14.0 Å². The van der Waals surface area contributed by atoms with E-state index in [1.54, 1.807) is 29.2 Å². The Hall–Kier alpha value is -3.76. The second-order valence-corrected chi connectivity index (χ2v) is 10.5. The first-order valence-electron chi connectivity index (χ1n) is 11.6. The van der Waals surface area contributed by atoms with Crippen molar-refractivity contribution in [1.82, 2.24) is 19.7 Å². The summed E-state index contributed by atoms with van der Waals surface area (Å²) in [4.78, 5) is 33.1. The van der Waals surface area contributed by atoms with Crippen molar-refractivity contribution >= 4 is 40.4 Å². The molecule has 2 atom stereocenters. The van der Waals surface area contributed by atoms with Crippen molar-refractivity contribution < 1.29 is 18.7 Å². The molecular formula is C26H23ClFN5O3S. The fourth-order valence-electron chi connectivity index (χ4n) is 4.36. The molecule has 1 aliphatic rings. The lowest BCUT2D eigenvalue weighted by Crippen LogP contribution is -2.44. The lowest BCUT2D eigenvalue weighted by atomic mass is 10.0. The van der Waals surface area contributed by atoms with Crippen molar-refractivity contribution in [2.24, 2.45) is 5.92 Å². The van der Waals surface area contributed by atoms with Crippen LogP contribution in [-0.2, 0) is 22.6 Å². The molecule has 0 spiro atoms. The van der Waals surface area contributed by atoms with Gasteiger partial charge in [0.2, 0.25) is 11.8 Å². The summed E-state index contributed by atoms with van der Waals surface area (Å²) < 4.78 is 21.0. The van der Waals surface area contributed by atoms with E-state index in [1.807, 2.05) is 12.1 Å². The Balaban J connectivity index is 1.26. The lowest BCUT2D eigenvalue weighted by molar-refractivity contribution is -0.137. The number of amides is 2. The summed E-state index contributed by atoms with van der Waals surface area (Å²) in [5.74, 6) is 0.379. The molecule has 0 saturated carbocycles. The van der Waals surface area contributed by atoms with E-state index in [0.717, 1.165) is 11.3 Å². The van der Waals surface area contributed by atoms with Gasteiger partial charge < -0.3 is 15.0 Å². The van der Waals surface area contributed by atoms with Crippen molar-refractivity contribution in [2.75, 3.05) is 11.9 Å². The van der Waals surface area contributed by atoms with Crippen LogP contribution in [0.5, 0.6) is 11.5 Å². The summed E-state index contributed by atoms with van der Waals surface area (Å²) >= 11 is 7.60. The van der Waals surface area contributed by atoms with Gasteiger partial charge in [-0.25, -0.2) is 14.1 Å². The Morgan fingerprint density at radius 3 is 2.46 bits per heavy atom. The van der Waals surface area contributed by atoms with Crippen LogP contribution in [-0.4, -0.2) is 44.1 Å². The first-order chi connectivity index (χ1) is 17.9. The molecule has 190 valence electrons. The van der Waals surface area contributed by atoms with Crippen LogP contribution in [0.2, 0.25) is 4.34 Å². The molecular weight excluding hydrogens is 517 g/mol. The highest BCUT2D eigenvalue weighted by Crippen LogP contribution is 2.31. The Morgan fingerprint density at radius 2 is 1.81 bits per heavy atom. The van der Waals surface area contributed by atoms with E-state index < -0.39 is 6.04 Å². The average Bonchev–Trinajstić information content (AvgIpc) is 3.64. The van der Waals surface area contributed by atoms with Crippen molar-refractivity contribution in [3.63, 3.8) is 0 Å². The minimum atomic E-state index is -0.619. The number of carbonyl (C=O) groups excluding carboxylic acids is 2. The highest BCUT2D eigenvalue weighted by atomic mass is 35.5. The SMILES string of the molecule is O=C(Nc1ccc(Oc2ccc(F)cc2)cc1)C1CC(Cc2ccc(Cl)s2)CN1C(=O)Cn1cncn1. The van der Waals surface area contributed by atoms with Gasteiger partial charge in [-0.1, -0.05) is 11.6 Å². The molecule has 1 N–H and O–H groups in total. The Morgan fingerprint density at radius 1 is 1.08 bits per heavy atom. The molecule has 8 nitrogen and oxygen atoms in total. The maximum atomic E-state index is 13.3. The maximum absolute atomic E-state index is 13.3. The predicted octanol–water partition coefficient (Wildman–Crippen LogP) is 5.02. The molecule has 11 heteroatoms. The normalized spacial score (nSPS) is 17.1. The minimum Gasteiger partial charge on any atom is -0.457 e. The standard InChI is InChI=1S/C26H23ClFN5O3S/c27-24-10-9-22(37-24)11-17-12-23(33(13-17)25(34)14-32-16-29-15-30-32)26(35)31-19-3-7-21(8-4-19)36-20-5-1-18(28)2-6-20/h1-10,15-17,23H,11-14H2,(H,31,35). The highest BCUT2D eigenvalue weighted by Gasteiger charge is 2.39. The van der Waals surface area contributed by atoms with Crippen LogP contribution in [0.3, 0.4) is 0 Å². The lowest BCUT2D eigenvalue weighted by Gasteiger charge is -2.24. The molecule has 0 aliphatic carbocycles. The third-order valence-corrected chi connectivity index (χ3v) is 7.32. The fourth-order valence-corrected chi connectivity index (χ4v) is 5.56. The number of anilines is 1. The Bertz CT molecular complexity index is 1360. The van der Waals surface area contributed by atoms with Gasteiger partial charge in [0.1, 0.15) is 42.6 Å². The molecule has 1 fully saturated rings. The Kier molecular flexibility index (Phi) is 7.47. The molecule has 2 unspecified atom stereocenters. The number of carbonyl (C=O) groups is 2. The predicted molar refractivity (Wildman–Crippen MR) is 138 cm³/mol. The van der Waals surface area contributed by atoms with E-state index in [2.05, 4.69) is 15.4 Å². The number of nitrogens with one attached hydrogen (secondary N) is 1. The van der Waals surface area contributed by atoms with Gasteiger partial charge in [-0.15, -0.1) is 11.3 Å². The number of rotatable bonds is 8. The fraction of sp³-hybridized carbons (Fsp3) is 0.231. The summed E-state index contributed by atoms with van der Waals surface area (Å²) in [5, 5.41) is 6.93. The molecule has 2 aromatic carbocycles. The van der Waals surface area contributed by atoms with E-state index in [0.29, 0.717) is 34.5 Å². The zero-order valence-electron chi connectivity index (χ0n) is 19.6. The summed E-state index contributed by atoms with van der Waals surface area (Å²) in [7, 11) is 0. The van der Waals surface area contributed by atoms with Crippen molar-refractivity contribution in [2.45, 2.75) is 25.4 Å². The smallest absolute Gasteiger partial charge is 0.247 e. The van der Waals surface area contributed by atoms with E-state index in [1.165, 1.54) is 52.9 Å². The number of hydrogen-bond acceptors (Lipinski definition) is 6. The molecule has 4 aromatic rings. The van der Waals surface area contributed by atoms with Gasteiger partial charge in [0.15, 0.2) is 0 Å². The van der Waals surface area contributed by atoms with Crippen LogP contribution >= 0.6 is 22.9 Å². The molecule has 0 bridgehead atoms. The quantitative estimate of drug-likeness (QED) is 0.339. The van der Waals surface area contributed by atoms with Gasteiger partial charge >= 0.3 is 0 Å². The minimum absolute atomic E-state index is 0.0107. The molecule has 2 amide bonds. The molecule has 0 radical (unpaired) electrons. The summed E-state index contributed by atoms with van der Waals surface area (Å²) in [6.45, 7) is 0.475. The van der Waals surface area contributed by atoms with E-state index >= 15 is 0 Å². The number of hydrogen-bond donors (Lipinski definition) is 1. The number of ether oxygens (including phenoxy) is 1. The Labute approximate surface area is 221 Å². The molecule has 2 aromatic heterocycles. The number of nitrogens with zero attached hydrogens (tertiary/aromatic N) is 4. The number of thiophene rings is 1. The number of likely N-dealkylation sites (tertiary alicyclic amines) is 1. The molecule has 37 heavy (non-hydrogen) atoms. The highest BCUT2D eigenvalue weighted by molar-refractivity contribution is 7.16. The number of halogens is 2. The first-order valence-corrected chi connectivity index (χ1v) is 12.8. The summed E-state index contributed by atoms with van der Waals surface area (Å²) in [6, 6.07) is 15.8.